The first-order valence-electron chi connectivity index (χ1n) is 9.10. The van der Waals surface area contributed by atoms with E-state index in [-0.39, 0.29) is 16.7 Å². The van der Waals surface area contributed by atoms with Crippen LogP contribution in [0.25, 0.3) is 0 Å². The zero-order valence-electron chi connectivity index (χ0n) is 16.3. The molecular formula is C19H30N2O4S. The number of sulfonamides is 1. The standard InChI is InChI=1S/C19H30N2O4S/c1-13(2)12-20-19(22)16-6-8-21(9-7-16)26(23,24)18-11-15(4)14(3)10-17(18)25-5/h10-11,13,16H,6-9,12H2,1-5H3,(H,20,22). The second kappa shape index (κ2) is 8.39. The number of ether oxygens (including phenoxy) is 1. The molecule has 1 fully saturated rings. The number of nitrogens with zero attached hydrogens (tertiary/aromatic N) is 1. The summed E-state index contributed by atoms with van der Waals surface area (Å²) in [5.41, 5.74) is 1.90. The molecule has 1 saturated heterocycles. The predicted octanol–water partition coefficient (Wildman–Crippen LogP) is 2.48. The summed E-state index contributed by atoms with van der Waals surface area (Å²) in [5, 5.41) is 2.94. The highest BCUT2D eigenvalue weighted by molar-refractivity contribution is 7.89. The number of methoxy groups -OCH3 is 1. The van der Waals surface area contributed by atoms with Gasteiger partial charge in [0.25, 0.3) is 0 Å². The lowest BCUT2D eigenvalue weighted by molar-refractivity contribution is -0.126. The zero-order chi connectivity index (χ0) is 19.5. The summed E-state index contributed by atoms with van der Waals surface area (Å²) in [4.78, 5) is 12.4. The number of carbonyl (C=O) groups is 1. The lowest BCUT2D eigenvalue weighted by Gasteiger charge is -2.31. The van der Waals surface area contributed by atoms with Gasteiger partial charge in [-0.1, -0.05) is 13.8 Å². The van der Waals surface area contributed by atoms with Crippen molar-refractivity contribution >= 4 is 15.9 Å². The molecule has 1 amide bonds. The van der Waals surface area contributed by atoms with E-state index in [4.69, 9.17) is 4.74 Å². The molecule has 1 aliphatic heterocycles. The monoisotopic (exact) mass is 382 g/mol. The van der Waals surface area contributed by atoms with Gasteiger partial charge in [-0.15, -0.1) is 0 Å². The minimum atomic E-state index is -3.64. The van der Waals surface area contributed by atoms with Crippen molar-refractivity contribution in [2.45, 2.75) is 45.4 Å². The molecule has 0 atom stereocenters. The molecule has 1 aromatic carbocycles. The third kappa shape index (κ3) is 4.57. The van der Waals surface area contributed by atoms with E-state index in [0.717, 1.165) is 11.1 Å². The molecule has 0 bridgehead atoms. The summed E-state index contributed by atoms with van der Waals surface area (Å²) < 4.78 is 32.9. The fourth-order valence-electron chi connectivity index (χ4n) is 3.07. The first-order chi connectivity index (χ1) is 12.2. The van der Waals surface area contributed by atoms with Gasteiger partial charge >= 0.3 is 0 Å². The zero-order valence-corrected chi connectivity index (χ0v) is 17.1. The van der Waals surface area contributed by atoms with Crippen LogP contribution in [0.3, 0.4) is 0 Å². The highest BCUT2D eigenvalue weighted by atomic mass is 32.2. The number of carbonyl (C=O) groups excluding carboxylic acids is 1. The SMILES string of the molecule is COc1cc(C)c(C)cc1S(=O)(=O)N1CCC(C(=O)NCC(C)C)CC1. The maximum Gasteiger partial charge on any atom is 0.246 e. The molecule has 0 unspecified atom stereocenters. The predicted molar refractivity (Wildman–Crippen MR) is 102 cm³/mol. The van der Waals surface area contributed by atoms with Crippen molar-refractivity contribution in [3.63, 3.8) is 0 Å². The molecule has 1 heterocycles. The normalized spacial score (nSPS) is 16.7. The fraction of sp³-hybridized carbons (Fsp3) is 0.632. The lowest BCUT2D eigenvalue weighted by atomic mass is 9.97. The molecule has 1 N–H and O–H groups in total. The Labute approximate surface area is 157 Å². The molecule has 26 heavy (non-hydrogen) atoms. The molecule has 0 spiro atoms. The number of nitrogens with one attached hydrogen (secondary N) is 1. The van der Waals surface area contributed by atoms with E-state index in [1.54, 1.807) is 12.1 Å². The molecule has 7 heteroatoms. The Morgan fingerprint density at radius 3 is 2.35 bits per heavy atom. The van der Waals surface area contributed by atoms with Gasteiger partial charge in [0.05, 0.1) is 7.11 Å². The van der Waals surface area contributed by atoms with Crippen molar-refractivity contribution in [1.82, 2.24) is 9.62 Å². The van der Waals surface area contributed by atoms with Crippen LogP contribution >= 0.6 is 0 Å². The van der Waals surface area contributed by atoms with Gasteiger partial charge < -0.3 is 10.1 Å². The van der Waals surface area contributed by atoms with Crippen LogP contribution in [0.2, 0.25) is 0 Å². The Balaban J connectivity index is 2.11. The molecule has 0 aromatic heterocycles. The Morgan fingerprint density at radius 2 is 1.81 bits per heavy atom. The smallest absolute Gasteiger partial charge is 0.246 e. The van der Waals surface area contributed by atoms with Gasteiger partial charge in [-0.05, 0) is 55.9 Å². The maximum atomic E-state index is 13.1. The van der Waals surface area contributed by atoms with Gasteiger partial charge in [0.2, 0.25) is 15.9 Å². The van der Waals surface area contributed by atoms with E-state index in [1.165, 1.54) is 11.4 Å². The third-order valence-electron chi connectivity index (χ3n) is 4.91. The van der Waals surface area contributed by atoms with Crippen molar-refractivity contribution < 1.29 is 17.9 Å². The van der Waals surface area contributed by atoms with Crippen LogP contribution in [-0.4, -0.2) is 45.4 Å². The molecule has 0 radical (unpaired) electrons. The van der Waals surface area contributed by atoms with E-state index in [9.17, 15) is 13.2 Å². The Kier molecular flexibility index (Phi) is 6.69. The molecule has 2 rings (SSSR count). The fourth-order valence-corrected chi connectivity index (χ4v) is 4.76. The van der Waals surface area contributed by atoms with Gasteiger partial charge in [0.1, 0.15) is 10.6 Å². The van der Waals surface area contributed by atoms with E-state index < -0.39 is 10.0 Å². The van der Waals surface area contributed by atoms with Gasteiger partial charge in [-0.3, -0.25) is 4.79 Å². The topological polar surface area (TPSA) is 75.7 Å². The maximum absolute atomic E-state index is 13.1. The largest absolute Gasteiger partial charge is 0.495 e. The van der Waals surface area contributed by atoms with E-state index in [2.05, 4.69) is 5.32 Å². The quantitative estimate of drug-likeness (QED) is 0.820. The van der Waals surface area contributed by atoms with Crippen LogP contribution in [0.5, 0.6) is 5.75 Å². The Morgan fingerprint density at radius 1 is 1.23 bits per heavy atom. The van der Waals surface area contributed by atoms with Gasteiger partial charge in [0.15, 0.2) is 0 Å². The van der Waals surface area contributed by atoms with Crippen molar-refractivity contribution in [1.29, 1.82) is 0 Å². The lowest BCUT2D eigenvalue weighted by Crippen LogP contribution is -2.43. The third-order valence-corrected chi connectivity index (χ3v) is 6.83. The number of piperidine rings is 1. The number of rotatable bonds is 6. The van der Waals surface area contributed by atoms with Crippen molar-refractivity contribution in [2.75, 3.05) is 26.7 Å². The van der Waals surface area contributed by atoms with Crippen LogP contribution in [0.4, 0.5) is 0 Å². The summed E-state index contributed by atoms with van der Waals surface area (Å²) in [5.74, 6) is 0.669. The van der Waals surface area contributed by atoms with Crippen LogP contribution < -0.4 is 10.1 Å². The summed E-state index contributed by atoms with van der Waals surface area (Å²) in [6, 6.07) is 3.43. The number of aryl methyl sites for hydroxylation is 2. The number of hydrogen-bond acceptors (Lipinski definition) is 4. The van der Waals surface area contributed by atoms with Crippen molar-refractivity contribution in [3.05, 3.63) is 23.3 Å². The van der Waals surface area contributed by atoms with E-state index in [0.29, 0.717) is 44.1 Å². The van der Waals surface area contributed by atoms with Gasteiger partial charge in [0, 0.05) is 25.6 Å². The molecule has 0 saturated carbocycles. The molecule has 1 aromatic rings. The molecule has 1 aliphatic rings. The first-order valence-corrected chi connectivity index (χ1v) is 10.5. The second-order valence-corrected chi connectivity index (χ2v) is 9.31. The first kappa shape index (κ1) is 20.7. The average molecular weight is 383 g/mol. The van der Waals surface area contributed by atoms with Gasteiger partial charge in [-0.25, -0.2) is 8.42 Å². The van der Waals surface area contributed by atoms with Crippen LogP contribution in [-0.2, 0) is 14.8 Å². The molecule has 0 aliphatic carbocycles. The van der Waals surface area contributed by atoms with Crippen LogP contribution in [0.1, 0.15) is 37.8 Å². The second-order valence-electron chi connectivity index (χ2n) is 7.40. The van der Waals surface area contributed by atoms with Gasteiger partial charge in [-0.2, -0.15) is 4.31 Å². The number of amides is 1. The Hall–Kier alpha value is -1.60. The average Bonchev–Trinajstić information content (AvgIpc) is 2.61. The number of hydrogen-bond donors (Lipinski definition) is 1. The van der Waals surface area contributed by atoms with Crippen LogP contribution in [0.15, 0.2) is 17.0 Å². The van der Waals surface area contributed by atoms with Crippen molar-refractivity contribution in [2.24, 2.45) is 11.8 Å². The van der Waals surface area contributed by atoms with Crippen molar-refractivity contribution in [3.8, 4) is 5.75 Å². The Bertz CT molecular complexity index is 751. The van der Waals surface area contributed by atoms with Crippen LogP contribution in [0, 0.1) is 25.7 Å². The summed E-state index contributed by atoms with van der Waals surface area (Å²) in [6.45, 7) is 9.25. The molecule has 146 valence electrons. The molecular weight excluding hydrogens is 352 g/mol. The summed E-state index contributed by atoms with van der Waals surface area (Å²) >= 11 is 0. The van der Waals surface area contributed by atoms with E-state index in [1.807, 2.05) is 27.7 Å². The summed E-state index contributed by atoms with van der Waals surface area (Å²) in [7, 11) is -2.16. The highest BCUT2D eigenvalue weighted by Gasteiger charge is 2.33. The number of benzene rings is 1. The minimum absolute atomic E-state index is 0.0273. The highest BCUT2D eigenvalue weighted by Crippen LogP contribution is 2.32. The molecule has 6 nitrogen and oxygen atoms in total. The summed E-state index contributed by atoms with van der Waals surface area (Å²) in [6.07, 6.45) is 1.08. The minimum Gasteiger partial charge on any atom is -0.495 e. The van der Waals surface area contributed by atoms with E-state index >= 15 is 0 Å².